The van der Waals surface area contributed by atoms with Crippen LogP contribution < -0.4 is 0 Å². The summed E-state index contributed by atoms with van der Waals surface area (Å²) in [5.74, 6) is 4.18. The molecule has 5 rings (SSSR count). The van der Waals surface area contributed by atoms with Gasteiger partial charge in [-0.1, -0.05) is 24.3 Å². The molecule has 0 radical (unpaired) electrons. The molecule has 0 heterocycles. The van der Waals surface area contributed by atoms with Gasteiger partial charge in [-0.25, -0.2) is 0 Å². The molecule has 5 atom stereocenters. The number of hydrogen-bond donors (Lipinski definition) is 1. The summed E-state index contributed by atoms with van der Waals surface area (Å²) in [5.41, 5.74) is 0. The van der Waals surface area contributed by atoms with Crippen molar-refractivity contribution in [1.82, 2.24) is 0 Å². The van der Waals surface area contributed by atoms with Crippen LogP contribution >= 0.6 is 0 Å². The molecule has 0 aliphatic heterocycles. The van der Waals surface area contributed by atoms with Crippen molar-refractivity contribution in [3.8, 4) is 0 Å². The van der Waals surface area contributed by atoms with Crippen molar-refractivity contribution in [3.05, 3.63) is 24.3 Å². The summed E-state index contributed by atoms with van der Waals surface area (Å²) in [5, 5.41) is 9.70. The zero-order valence-corrected chi connectivity index (χ0v) is 6.80. The number of hydrogen-bond acceptors (Lipinski definition) is 1. The first kappa shape index (κ1) is 5.98. The van der Waals surface area contributed by atoms with Crippen LogP contribution in [-0.4, -0.2) is 11.2 Å². The van der Waals surface area contributed by atoms with E-state index < -0.39 is 0 Å². The highest BCUT2D eigenvalue weighted by atomic mass is 16.3. The molecule has 5 unspecified atom stereocenters. The number of aliphatic hydroxyl groups excluding tert-OH is 1. The van der Waals surface area contributed by atoms with E-state index in [1.165, 1.54) is 0 Å². The van der Waals surface area contributed by atoms with Crippen molar-refractivity contribution in [2.45, 2.75) is 6.10 Å². The van der Waals surface area contributed by atoms with Gasteiger partial charge in [0, 0.05) is 11.8 Å². The van der Waals surface area contributed by atoms with E-state index in [4.69, 9.17) is 0 Å². The maximum Gasteiger partial charge on any atom is 0.0615 e. The predicted octanol–water partition coefficient (Wildman–Crippen LogP) is 1.21. The maximum absolute atomic E-state index is 9.70. The Bertz CT molecular complexity index is 282. The minimum absolute atomic E-state index is 0.0300. The molecule has 2 saturated carbocycles. The molecule has 0 amide bonds. The van der Waals surface area contributed by atoms with E-state index >= 15 is 0 Å². The normalized spacial score (nSPS) is 68.6. The summed E-state index contributed by atoms with van der Waals surface area (Å²) >= 11 is 0. The third-order valence-electron chi connectivity index (χ3n) is 4.28. The first-order valence-electron chi connectivity index (χ1n) is 4.92. The molecule has 1 nitrogen and oxygen atoms in total. The largest absolute Gasteiger partial charge is 0.392 e. The summed E-state index contributed by atoms with van der Waals surface area (Å²) in [4.78, 5) is 0. The first-order valence-corrected chi connectivity index (χ1v) is 4.92. The first-order chi connectivity index (χ1) is 5.88. The molecule has 0 aromatic rings. The lowest BCUT2D eigenvalue weighted by atomic mass is 10.0. The molecule has 0 saturated heterocycles. The fourth-order valence-electron chi connectivity index (χ4n) is 3.56. The van der Waals surface area contributed by atoms with Crippen molar-refractivity contribution in [1.29, 1.82) is 0 Å². The quantitative estimate of drug-likeness (QED) is 0.528. The molecule has 62 valence electrons. The second-order valence-electron chi connectivity index (χ2n) is 4.72. The molecule has 0 aromatic heterocycles. The average Bonchev–Trinajstić information content (AvgIpc) is 2.84. The number of rotatable bonds is 0. The van der Waals surface area contributed by atoms with Crippen molar-refractivity contribution < 1.29 is 5.11 Å². The van der Waals surface area contributed by atoms with E-state index in [9.17, 15) is 5.11 Å². The molecule has 5 aliphatic rings. The Morgan fingerprint density at radius 3 is 2.08 bits per heavy atom. The van der Waals surface area contributed by atoms with Crippen LogP contribution in [0.2, 0.25) is 0 Å². The maximum atomic E-state index is 9.70. The zero-order chi connectivity index (χ0) is 7.87. The molecule has 4 bridgehead atoms. The topological polar surface area (TPSA) is 20.2 Å². The van der Waals surface area contributed by atoms with Gasteiger partial charge in [0.05, 0.1) is 6.10 Å². The lowest BCUT2D eigenvalue weighted by molar-refractivity contribution is 0.237. The highest BCUT2D eigenvalue weighted by molar-refractivity contribution is 5.33. The van der Waals surface area contributed by atoms with Crippen molar-refractivity contribution >= 4 is 0 Å². The van der Waals surface area contributed by atoms with E-state index in [1.807, 2.05) is 0 Å². The van der Waals surface area contributed by atoms with E-state index in [0.717, 1.165) is 17.8 Å². The van der Waals surface area contributed by atoms with E-state index in [0.29, 0.717) is 17.8 Å². The van der Waals surface area contributed by atoms with Gasteiger partial charge in [0.2, 0.25) is 0 Å². The number of allylic oxidation sites excluding steroid dienone is 4. The smallest absolute Gasteiger partial charge is 0.0615 e. The van der Waals surface area contributed by atoms with Crippen molar-refractivity contribution in [3.63, 3.8) is 0 Å². The van der Waals surface area contributed by atoms with Gasteiger partial charge >= 0.3 is 0 Å². The molecule has 0 spiro atoms. The second kappa shape index (κ2) is 1.56. The van der Waals surface area contributed by atoms with Gasteiger partial charge in [-0.2, -0.15) is 0 Å². The Hall–Kier alpha value is -0.560. The predicted molar refractivity (Wildman–Crippen MR) is 45.2 cm³/mol. The Labute approximate surface area is 71.8 Å². The minimum atomic E-state index is 0.0300. The van der Waals surface area contributed by atoms with Crippen LogP contribution in [-0.2, 0) is 0 Å². The van der Waals surface area contributed by atoms with Gasteiger partial charge < -0.3 is 5.11 Å². The van der Waals surface area contributed by atoms with Crippen LogP contribution in [0.4, 0.5) is 0 Å². The molecule has 1 heteroatoms. The van der Waals surface area contributed by atoms with Crippen LogP contribution in [0.15, 0.2) is 24.3 Å². The second-order valence-corrected chi connectivity index (χ2v) is 4.72. The van der Waals surface area contributed by atoms with Gasteiger partial charge in [0.15, 0.2) is 0 Å². The average molecular weight is 160 g/mol. The molecule has 12 heavy (non-hydrogen) atoms. The lowest BCUT2D eigenvalue weighted by Gasteiger charge is -2.02. The summed E-state index contributed by atoms with van der Waals surface area (Å²) < 4.78 is 0. The molecular formula is C11H12O. The minimum Gasteiger partial charge on any atom is -0.392 e. The van der Waals surface area contributed by atoms with Gasteiger partial charge in [-0.05, 0) is 23.7 Å². The summed E-state index contributed by atoms with van der Waals surface area (Å²) in [6, 6.07) is 0. The van der Waals surface area contributed by atoms with Gasteiger partial charge in [-0.3, -0.25) is 0 Å². The van der Waals surface area contributed by atoms with Crippen LogP contribution in [0, 0.1) is 35.5 Å². The van der Waals surface area contributed by atoms with E-state index in [2.05, 4.69) is 24.3 Å². The van der Waals surface area contributed by atoms with E-state index in [-0.39, 0.29) is 6.10 Å². The molecule has 0 aromatic carbocycles. The molecular weight excluding hydrogens is 148 g/mol. The van der Waals surface area contributed by atoms with Crippen LogP contribution in [0.25, 0.3) is 0 Å². The monoisotopic (exact) mass is 160 g/mol. The molecule has 2 fully saturated rings. The fraction of sp³-hybridized carbons (Fsp3) is 0.636. The standard InChI is InChI=1S/C11H12O/c12-11-8-5-1-3-6-7(4-2-5)9(6)10(8)11/h1-12H. The zero-order valence-electron chi connectivity index (χ0n) is 6.80. The lowest BCUT2D eigenvalue weighted by Crippen LogP contribution is -1.98. The Kier molecular flexibility index (Phi) is 0.776. The summed E-state index contributed by atoms with van der Waals surface area (Å²) in [6.45, 7) is 0. The van der Waals surface area contributed by atoms with Gasteiger partial charge in [-0.15, -0.1) is 0 Å². The highest BCUT2D eigenvalue weighted by Gasteiger charge is 2.68. The fourth-order valence-corrected chi connectivity index (χ4v) is 3.56. The van der Waals surface area contributed by atoms with Crippen LogP contribution in [0.3, 0.4) is 0 Å². The molecule has 5 aliphatic carbocycles. The third kappa shape index (κ3) is 0.480. The van der Waals surface area contributed by atoms with Crippen LogP contribution in [0.5, 0.6) is 0 Å². The van der Waals surface area contributed by atoms with E-state index in [1.54, 1.807) is 0 Å². The summed E-state index contributed by atoms with van der Waals surface area (Å²) in [7, 11) is 0. The Morgan fingerprint density at radius 2 is 1.42 bits per heavy atom. The Morgan fingerprint density at radius 1 is 0.750 bits per heavy atom. The Balaban J connectivity index is 1.89. The summed E-state index contributed by atoms with van der Waals surface area (Å²) in [6.07, 6.45) is 9.45. The van der Waals surface area contributed by atoms with Gasteiger partial charge in [0.25, 0.3) is 0 Å². The van der Waals surface area contributed by atoms with Crippen LogP contribution in [0.1, 0.15) is 0 Å². The SMILES string of the molecule is OC1C2C3C=CC4C(C=C3)C4C12. The van der Waals surface area contributed by atoms with Crippen molar-refractivity contribution in [2.75, 3.05) is 0 Å². The van der Waals surface area contributed by atoms with Crippen molar-refractivity contribution in [2.24, 2.45) is 35.5 Å². The molecule has 1 N–H and O–H groups in total. The highest BCUT2D eigenvalue weighted by Crippen LogP contribution is 2.68. The van der Waals surface area contributed by atoms with Gasteiger partial charge in [0.1, 0.15) is 0 Å². The third-order valence-corrected chi connectivity index (χ3v) is 4.28. The number of aliphatic hydroxyl groups is 1.